The number of hydrogen-bond donors (Lipinski definition) is 1. The van der Waals surface area contributed by atoms with Gasteiger partial charge in [0.15, 0.2) is 6.10 Å². The van der Waals surface area contributed by atoms with E-state index in [-0.39, 0.29) is 31.0 Å². The van der Waals surface area contributed by atoms with Gasteiger partial charge in [-0.3, -0.25) is 14.4 Å². The van der Waals surface area contributed by atoms with Crippen LogP contribution in [0.4, 0.5) is 0 Å². The van der Waals surface area contributed by atoms with Crippen LogP contribution in [0.3, 0.4) is 0 Å². The maximum atomic E-state index is 12.8. The van der Waals surface area contributed by atoms with E-state index in [1.807, 2.05) is 0 Å². The van der Waals surface area contributed by atoms with Crippen molar-refractivity contribution in [3.05, 3.63) is 12.2 Å². The van der Waals surface area contributed by atoms with Crippen molar-refractivity contribution in [3.63, 3.8) is 0 Å². The van der Waals surface area contributed by atoms with E-state index in [9.17, 15) is 14.4 Å². The van der Waals surface area contributed by atoms with E-state index in [0.717, 1.165) is 64.2 Å². The molecule has 1 amide bonds. The first-order valence-electron chi connectivity index (χ1n) is 26.3. The van der Waals surface area contributed by atoms with Gasteiger partial charge in [-0.25, -0.2) is 0 Å². The molecule has 0 saturated carbocycles. The first kappa shape index (κ1) is 57.1. The smallest absolute Gasteiger partial charge is 0.306 e. The first-order chi connectivity index (χ1) is 29.0. The fraction of sp³-hybridized carbons (Fsp3) is 0.906. The van der Waals surface area contributed by atoms with Gasteiger partial charge in [-0.2, -0.15) is 0 Å². The van der Waals surface area contributed by atoms with Crippen molar-refractivity contribution in [1.82, 2.24) is 5.32 Å². The molecular formula is C53H101NO5. The van der Waals surface area contributed by atoms with Crippen molar-refractivity contribution in [3.8, 4) is 0 Å². The van der Waals surface area contributed by atoms with Crippen LogP contribution in [0.15, 0.2) is 12.2 Å². The van der Waals surface area contributed by atoms with E-state index < -0.39 is 6.10 Å². The average Bonchev–Trinajstić information content (AvgIpc) is 3.23. The number of unbranched alkanes of at least 4 members (excludes halogenated alkanes) is 35. The number of carbonyl (C=O) groups excluding carboxylic acids is 3. The highest BCUT2D eigenvalue weighted by atomic mass is 16.6. The Morgan fingerprint density at radius 3 is 1.07 bits per heavy atom. The highest BCUT2D eigenvalue weighted by Crippen LogP contribution is 2.16. The van der Waals surface area contributed by atoms with Gasteiger partial charge in [0.1, 0.15) is 6.61 Å². The predicted octanol–water partition coefficient (Wildman–Crippen LogP) is 16.6. The van der Waals surface area contributed by atoms with E-state index >= 15 is 0 Å². The Morgan fingerprint density at radius 2 is 0.695 bits per heavy atom. The first-order valence-corrected chi connectivity index (χ1v) is 26.3. The molecule has 0 heterocycles. The van der Waals surface area contributed by atoms with Crippen LogP contribution in [0.5, 0.6) is 0 Å². The Kier molecular flexibility index (Phi) is 47.3. The maximum absolute atomic E-state index is 12.8. The van der Waals surface area contributed by atoms with Gasteiger partial charge in [-0.1, -0.05) is 238 Å². The zero-order valence-corrected chi connectivity index (χ0v) is 39.9. The third-order valence-electron chi connectivity index (χ3n) is 11.9. The van der Waals surface area contributed by atoms with Crippen LogP contribution in [0.1, 0.15) is 290 Å². The summed E-state index contributed by atoms with van der Waals surface area (Å²) in [4.78, 5) is 38.1. The molecule has 0 rings (SSSR count). The van der Waals surface area contributed by atoms with E-state index in [4.69, 9.17) is 9.47 Å². The zero-order chi connectivity index (χ0) is 43.0. The molecule has 0 aliphatic rings. The minimum Gasteiger partial charge on any atom is -0.462 e. The van der Waals surface area contributed by atoms with Gasteiger partial charge in [-0.15, -0.1) is 0 Å². The number of amides is 1. The summed E-state index contributed by atoms with van der Waals surface area (Å²) in [5.74, 6) is -0.541. The number of esters is 2. The molecule has 6 nitrogen and oxygen atoms in total. The molecule has 59 heavy (non-hydrogen) atoms. The van der Waals surface area contributed by atoms with E-state index in [1.165, 1.54) is 186 Å². The summed E-state index contributed by atoms with van der Waals surface area (Å²) in [6.07, 6.45) is 54.0. The molecule has 0 saturated heterocycles. The molecule has 0 aromatic heterocycles. The SMILES string of the molecule is CCCCCCCC/C=C/CCCCCCCC(=O)NCC(COC(=O)CCCCCCCCCCCCCCC)OC(=O)CCCCCCCCCCCCCCC. The summed E-state index contributed by atoms with van der Waals surface area (Å²) >= 11 is 0. The van der Waals surface area contributed by atoms with Crippen LogP contribution >= 0.6 is 0 Å². The van der Waals surface area contributed by atoms with Crippen molar-refractivity contribution in [2.45, 2.75) is 297 Å². The third-order valence-corrected chi connectivity index (χ3v) is 11.9. The number of carbonyl (C=O) groups is 3. The van der Waals surface area contributed by atoms with Crippen molar-refractivity contribution in [2.24, 2.45) is 0 Å². The second-order valence-electron chi connectivity index (χ2n) is 17.9. The van der Waals surface area contributed by atoms with E-state index in [1.54, 1.807) is 0 Å². The summed E-state index contributed by atoms with van der Waals surface area (Å²) in [6.45, 7) is 6.98. The Hall–Kier alpha value is -1.85. The monoisotopic (exact) mass is 832 g/mol. The van der Waals surface area contributed by atoms with Gasteiger partial charge in [0, 0.05) is 19.3 Å². The second kappa shape index (κ2) is 48.8. The number of rotatable bonds is 48. The fourth-order valence-electron chi connectivity index (χ4n) is 7.88. The second-order valence-corrected chi connectivity index (χ2v) is 17.9. The van der Waals surface area contributed by atoms with E-state index in [0.29, 0.717) is 19.3 Å². The van der Waals surface area contributed by atoms with Crippen LogP contribution in [0.25, 0.3) is 0 Å². The predicted molar refractivity (Wildman–Crippen MR) is 254 cm³/mol. The lowest BCUT2D eigenvalue weighted by atomic mass is 10.0. The summed E-state index contributed by atoms with van der Waals surface area (Å²) in [6, 6.07) is 0. The van der Waals surface area contributed by atoms with Crippen molar-refractivity contribution >= 4 is 17.8 Å². The van der Waals surface area contributed by atoms with Crippen molar-refractivity contribution in [1.29, 1.82) is 0 Å². The van der Waals surface area contributed by atoms with E-state index in [2.05, 4.69) is 38.2 Å². The van der Waals surface area contributed by atoms with Crippen LogP contribution in [0.2, 0.25) is 0 Å². The molecule has 1 atom stereocenters. The molecule has 6 heteroatoms. The Morgan fingerprint density at radius 1 is 0.390 bits per heavy atom. The van der Waals surface area contributed by atoms with Gasteiger partial charge < -0.3 is 14.8 Å². The highest BCUT2D eigenvalue weighted by Gasteiger charge is 2.18. The summed E-state index contributed by atoms with van der Waals surface area (Å²) in [5.41, 5.74) is 0. The Balaban J connectivity index is 4.33. The molecule has 348 valence electrons. The molecule has 0 aliphatic carbocycles. The molecule has 0 aromatic rings. The maximum Gasteiger partial charge on any atom is 0.306 e. The normalized spacial score (nSPS) is 12.0. The molecule has 0 radical (unpaired) electrons. The number of ether oxygens (including phenoxy) is 2. The number of hydrogen-bond acceptors (Lipinski definition) is 5. The van der Waals surface area contributed by atoms with Crippen molar-refractivity contribution in [2.75, 3.05) is 13.2 Å². The Labute approximate surface area is 367 Å². The number of nitrogens with one attached hydrogen (secondary N) is 1. The van der Waals surface area contributed by atoms with Gasteiger partial charge >= 0.3 is 11.9 Å². The number of allylic oxidation sites excluding steroid dienone is 2. The highest BCUT2D eigenvalue weighted by molar-refractivity contribution is 5.76. The molecular weight excluding hydrogens is 731 g/mol. The molecule has 1 unspecified atom stereocenters. The average molecular weight is 832 g/mol. The summed E-state index contributed by atoms with van der Waals surface area (Å²) in [7, 11) is 0. The van der Waals surface area contributed by atoms with Gasteiger partial charge in [0.05, 0.1) is 6.54 Å². The van der Waals surface area contributed by atoms with Gasteiger partial charge in [0.2, 0.25) is 5.91 Å². The quantitative estimate of drug-likeness (QED) is 0.0375. The van der Waals surface area contributed by atoms with Gasteiger partial charge in [0.25, 0.3) is 0 Å². The van der Waals surface area contributed by atoms with Crippen LogP contribution in [-0.4, -0.2) is 37.1 Å². The molecule has 0 spiro atoms. The fourth-order valence-corrected chi connectivity index (χ4v) is 7.88. The minimum atomic E-state index is -0.655. The molecule has 0 bridgehead atoms. The Bertz CT molecular complexity index is 920. The van der Waals surface area contributed by atoms with Crippen LogP contribution < -0.4 is 5.32 Å². The molecule has 1 N–H and O–H groups in total. The lowest BCUT2D eigenvalue weighted by Crippen LogP contribution is -2.38. The third kappa shape index (κ3) is 47.1. The minimum absolute atomic E-state index is 0.00466. The van der Waals surface area contributed by atoms with Crippen LogP contribution in [-0.2, 0) is 23.9 Å². The molecule has 0 aromatic carbocycles. The standard InChI is InChI=1S/C53H101NO5/c1-4-7-10-13-16-19-22-25-26-29-30-33-36-39-42-45-51(55)54-48-50(59-53(57)47-44-41-38-35-32-28-24-21-18-15-12-9-6-3)49-58-52(56)46-43-40-37-34-31-27-23-20-17-14-11-8-5-2/h25-26,50H,4-24,27-49H2,1-3H3,(H,54,55)/b26-25+. The zero-order valence-electron chi connectivity index (χ0n) is 39.9. The largest absolute Gasteiger partial charge is 0.462 e. The summed E-state index contributed by atoms with van der Waals surface area (Å²) < 4.78 is 11.4. The summed E-state index contributed by atoms with van der Waals surface area (Å²) in [5, 5.41) is 2.96. The molecule has 0 aliphatic heterocycles. The lowest BCUT2D eigenvalue weighted by molar-refractivity contribution is -0.159. The van der Waals surface area contributed by atoms with Crippen molar-refractivity contribution < 1.29 is 23.9 Å². The lowest BCUT2D eigenvalue weighted by Gasteiger charge is -2.19. The molecule has 0 fully saturated rings. The van der Waals surface area contributed by atoms with Crippen LogP contribution in [0, 0.1) is 0 Å². The topological polar surface area (TPSA) is 81.7 Å². The van der Waals surface area contributed by atoms with Gasteiger partial charge in [-0.05, 0) is 44.9 Å².